The quantitative estimate of drug-likeness (QED) is 0.449. The van der Waals surface area contributed by atoms with Crippen molar-refractivity contribution in [2.75, 3.05) is 4.72 Å². The summed E-state index contributed by atoms with van der Waals surface area (Å²) < 4.78 is 28.3. The van der Waals surface area contributed by atoms with Crippen LogP contribution in [0.5, 0.6) is 0 Å². The molecule has 10 heteroatoms. The maximum atomic E-state index is 12.5. The van der Waals surface area contributed by atoms with Gasteiger partial charge in [0, 0.05) is 27.0 Å². The van der Waals surface area contributed by atoms with Gasteiger partial charge in [0.1, 0.15) is 0 Å². The molecule has 0 aliphatic rings. The van der Waals surface area contributed by atoms with Crippen LogP contribution in [-0.4, -0.2) is 18.3 Å². The number of nitro benzene ring substituents is 1. The van der Waals surface area contributed by atoms with Gasteiger partial charge in [-0.1, -0.05) is 28.1 Å². The molecule has 0 saturated heterocycles. The summed E-state index contributed by atoms with van der Waals surface area (Å²) in [7, 11) is -3.88. The van der Waals surface area contributed by atoms with E-state index in [0.29, 0.717) is 5.69 Å². The van der Waals surface area contributed by atoms with E-state index < -0.39 is 14.9 Å². The summed E-state index contributed by atoms with van der Waals surface area (Å²) in [5, 5.41) is 10.9. The molecule has 7 nitrogen and oxygen atoms in total. The fourth-order valence-corrected chi connectivity index (χ4v) is 4.57. The van der Waals surface area contributed by atoms with E-state index in [1.807, 2.05) is 31.2 Å². The molecule has 0 spiro atoms. The van der Waals surface area contributed by atoms with Crippen LogP contribution < -0.4 is 4.72 Å². The van der Waals surface area contributed by atoms with Crippen LogP contribution in [0.15, 0.2) is 57.9 Å². The first-order valence-electron chi connectivity index (χ1n) is 7.27. The number of nitro groups is 1. The van der Waals surface area contributed by atoms with E-state index in [4.69, 9.17) is 0 Å². The zero-order valence-electron chi connectivity index (χ0n) is 13.3. The molecule has 0 fully saturated rings. The van der Waals surface area contributed by atoms with Crippen molar-refractivity contribution >= 4 is 48.1 Å². The second-order valence-electron chi connectivity index (χ2n) is 5.29. The van der Waals surface area contributed by atoms with Gasteiger partial charge in [-0.15, -0.1) is 11.3 Å². The summed E-state index contributed by atoms with van der Waals surface area (Å²) in [5.74, 6) is 0. The van der Waals surface area contributed by atoms with Crippen molar-refractivity contribution in [2.24, 2.45) is 0 Å². The van der Waals surface area contributed by atoms with E-state index in [2.05, 4.69) is 25.6 Å². The zero-order chi connectivity index (χ0) is 18.9. The molecule has 0 radical (unpaired) electrons. The minimum absolute atomic E-state index is 0.0684. The molecule has 0 aliphatic carbocycles. The van der Waals surface area contributed by atoms with Crippen molar-refractivity contribution in [1.82, 2.24) is 4.98 Å². The Kier molecular flexibility index (Phi) is 5.08. The number of hydrogen-bond donors (Lipinski definition) is 1. The lowest BCUT2D eigenvalue weighted by Crippen LogP contribution is -2.12. The van der Waals surface area contributed by atoms with Crippen molar-refractivity contribution in [2.45, 2.75) is 11.8 Å². The molecule has 1 aromatic heterocycles. The van der Waals surface area contributed by atoms with Gasteiger partial charge in [-0.25, -0.2) is 13.4 Å². The molecular formula is C16H12BrN3O4S2. The largest absolute Gasteiger partial charge is 0.269 e. The maximum absolute atomic E-state index is 12.5. The smallest absolute Gasteiger partial charge is 0.258 e. The third-order valence-corrected chi connectivity index (χ3v) is 6.39. The van der Waals surface area contributed by atoms with Gasteiger partial charge in [0.2, 0.25) is 0 Å². The lowest BCUT2D eigenvalue weighted by Gasteiger charge is -2.04. The van der Waals surface area contributed by atoms with E-state index >= 15 is 0 Å². The molecule has 0 amide bonds. The number of nitrogens with one attached hydrogen (secondary N) is 1. The Morgan fingerprint density at radius 3 is 2.31 bits per heavy atom. The van der Waals surface area contributed by atoms with Crippen LogP contribution in [0.4, 0.5) is 10.8 Å². The second kappa shape index (κ2) is 7.14. The van der Waals surface area contributed by atoms with Crippen molar-refractivity contribution in [3.8, 4) is 11.3 Å². The third kappa shape index (κ3) is 3.92. The highest BCUT2D eigenvalue weighted by molar-refractivity contribution is 9.10. The molecule has 2 aromatic carbocycles. The average Bonchev–Trinajstić information content (AvgIpc) is 2.95. The Labute approximate surface area is 162 Å². The normalized spacial score (nSPS) is 11.3. The Balaban J connectivity index is 1.87. The van der Waals surface area contributed by atoms with Crippen LogP contribution in [-0.2, 0) is 10.0 Å². The minimum Gasteiger partial charge on any atom is -0.258 e. The highest BCUT2D eigenvalue weighted by atomic mass is 79.9. The van der Waals surface area contributed by atoms with E-state index in [0.717, 1.165) is 27.0 Å². The predicted octanol–water partition coefficient (Wildman–Crippen LogP) is 4.59. The topological polar surface area (TPSA) is 102 Å². The molecule has 0 bridgehead atoms. The number of anilines is 1. The number of hydrogen-bond acceptors (Lipinski definition) is 6. The van der Waals surface area contributed by atoms with Crippen molar-refractivity contribution < 1.29 is 13.3 Å². The standard InChI is InChI=1S/C16H12BrN3O4S2/c1-10-15(11-2-4-12(17)5-3-11)18-16(25-10)19-26(23,24)14-8-6-13(7-9-14)20(21)22/h2-9H,1H3,(H,18,19). The fourth-order valence-electron chi connectivity index (χ4n) is 2.24. The van der Waals surface area contributed by atoms with Gasteiger partial charge in [0.15, 0.2) is 5.13 Å². The average molecular weight is 454 g/mol. The van der Waals surface area contributed by atoms with Crippen LogP contribution in [0, 0.1) is 17.0 Å². The minimum atomic E-state index is -3.88. The monoisotopic (exact) mass is 453 g/mol. The van der Waals surface area contributed by atoms with Crippen LogP contribution in [0.25, 0.3) is 11.3 Å². The van der Waals surface area contributed by atoms with Crippen LogP contribution >= 0.6 is 27.3 Å². The summed E-state index contributed by atoms with van der Waals surface area (Å²) in [4.78, 5) is 15.3. The lowest BCUT2D eigenvalue weighted by molar-refractivity contribution is -0.384. The van der Waals surface area contributed by atoms with Crippen LogP contribution in [0.2, 0.25) is 0 Å². The Hall–Kier alpha value is -2.30. The van der Waals surface area contributed by atoms with Crippen LogP contribution in [0.3, 0.4) is 0 Å². The molecule has 0 unspecified atom stereocenters. The molecule has 26 heavy (non-hydrogen) atoms. The van der Waals surface area contributed by atoms with Crippen molar-refractivity contribution in [1.29, 1.82) is 0 Å². The van der Waals surface area contributed by atoms with E-state index in [1.54, 1.807) is 0 Å². The van der Waals surface area contributed by atoms with E-state index in [1.165, 1.54) is 23.5 Å². The van der Waals surface area contributed by atoms with Gasteiger partial charge < -0.3 is 0 Å². The fraction of sp³-hybridized carbons (Fsp3) is 0.0625. The molecule has 1 N–H and O–H groups in total. The first kappa shape index (κ1) is 18.5. The summed E-state index contributed by atoms with van der Waals surface area (Å²) >= 11 is 4.59. The van der Waals surface area contributed by atoms with Crippen LogP contribution in [0.1, 0.15) is 4.88 Å². The predicted molar refractivity (Wildman–Crippen MR) is 104 cm³/mol. The van der Waals surface area contributed by atoms with Gasteiger partial charge >= 0.3 is 0 Å². The third-order valence-electron chi connectivity index (χ3n) is 3.49. The first-order valence-corrected chi connectivity index (χ1v) is 10.4. The number of non-ortho nitro benzene ring substituents is 1. The summed E-state index contributed by atoms with van der Waals surface area (Å²) in [6.45, 7) is 1.86. The molecule has 134 valence electrons. The second-order valence-corrected chi connectivity index (χ2v) is 9.09. The van der Waals surface area contributed by atoms with E-state index in [-0.39, 0.29) is 15.7 Å². The van der Waals surface area contributed by atoms with Gasteiger partial charge in [-0.05, 0) is 31.2 Å². The summed E-state index contributed by atoms with van der Waals surface area (Å²) in [6, 6.07) is 12.2. The molecule has 3 aromatic rings. The SMILES string of the molecule is Cc1sc(NS(=O)(=O)c2ccc([N+](=O)[O-])cc2)nc1-c1ccc(Br)cc1. The zero-order valence-corrected chi connectivity index (χ0v) is 16.6. The number of sulfonamides is 1. The number of rotatable bonds is 5. The molecule has 0 saturated carbocycles. The van der Waals surface area contributed by atoms with Crippen molar-refractivity contribution in [3.63, 3.8) is 0 Å². The highest BCUT2D eigenvalue weighted by Gasteiger charge is 2.19. The summed E-state index contributed by atoms with van der Waals surface area (Å²) in [5.41, 5.74) is 1.40. The Morgan fingerprint density at radius 2 is 1.73 bits per heavy atom. The molecule has 3 rings (SSSR count). The van der Waals surface area contributed by atoms with Crippen molar-refractivity contribution in [3.05, 3.63) is 68.0 Å². The number of aromatic nitrogens is 1. The molecule has 0 aliphatic heterocycles. The van der Waals surface area contributed by atoms with Gasteiger partial charge in [0.25, 0.3) is 15.7 Å². The molecule has 0 atom stereocenters. The number of aryl methyl sites for hydroxylation is 1. The number of nitrogens with zero attached hydrogens (tertiary/aromatic N) is 2. The highest BCUT2D eigenvalue weighted by Crippen LogP contribution is 2.32. The first-order chi connectivity index (χ1) is 12.3. The maximum Gasteiger partial charge on any atom is 0.269 e. The summed E-state index contributed by atoms with van der Waals surface area (Å²) in [6.07, 6.45) is 0. The number of benzene rings is 2. The molecule has 1 heterocycles. The number of thiazole rings is 1. The molecular weight excluding hydrogens is 442 g/mol. The van der Waals surface area contributed by atoms with Gasteiger partial charge in [0.05, 0.1) is 15.5 Å². The van der Waals surface area contributed by atoms with Gasteiger partial charge in [-0.3, -0.25) is 14.8 Å². The Bertz CT molecular complexity index is 1060. The number of halogens is 1. The lowest BCUT2D eigenvalue weighted by atomic mass is 10.1. The van der Waals surface area contributed by atoms with Gasteiger partial charge in [-0.2, -0.15) is 0 Å². The van der Waals surface area contributed by atoms with E-state index in [9.17, 15) is 18.5 Å². The Morgan fingerprint density at radius 1 is 1.12 bits per heavy atom.